The molecule has 1 aromatic rings. The lowest BCUT2D eigenvalue weighted by atomic mass is 10.1. The summed E-state index contributed by atoms with van der Waals surface area (Å²) in [5, 5.41) is 11.8. The molecule has 0 heterocycles. The van der Waals surface area contributed by atoms with E-state index in [1.54, 1.807) is 0 Å². The third-order valence-corrected chi connectivity index (χ3v) is 3.48. The van der Waals surface area contributed by atoms with Crippen LogP contribution >= 0.6 is 0 Å². The van der Waals surface area contributed by atoms with Crippen LogP contribution in [0.1, 0.15) is 36.0 Å². The van der Waals surface area contributed by atoms with Gasteiger partial charge in [-0.1, -0.05) is 12.8 Å². The summed E-state index contributed by atoms with van der Waals surface area (Å²) >= 11 is 0. The molecular formula is C15H19NO5. The van der Waals surface area contributed by atoms with Crippen molar-refractivity contribution in [3.05, 3.63) is 17.7 Å². The molecule has 1 aliphatic rings. The molecule has 1 fully saturated rings. The van der Waals surface area contributed by atoms with Crippen molar-refractivity contribution in [3.8, 4) is 11.5 Å². The number of hydrogen-bond donors (Lipinski definition) is 2. The van der Waals surface area contributed by atoms with Crippen molar-refractivity contribution in [2.45, 2.75) is 25.7 Å². The fourth-order valence-electron chi connectivity index (χ4n) is 2.14. The van der Waals surface area contributed by atoms with Crippen LogP contribution in [0.15, 0.2) is 12.1 Å². The van der Waals surface area contributed by atoms with Crippen molar-refractivity contribution < 1.29 is 24.2 Å². The number of aromatic carboxylic acids is 1. The number of benzene rings is 1. The van der Waals surface area contributed by atoms with Crippen LogP contribution in [0, 0.1) is 5.92 Å². The molecular weight excluding hydrogens is 274 g/mol. The van der Waals surface area contributed by atoms with Crippen molar-refractivity contribution in [1.29, 1.82) is 0 Å². The topological polar surface area (TPSA) is 84.9 Å². The highest BCUT2D eigenvalue weighted by atomic mass is 16.5. The minimum absolute atomic E-state index is 0.0325. The average Bonchev–Trinajstić information content (AvgIpc) is 3.28. The molecule has 2 N–H and O–H groups in total. The van der Waals surface area contributed by atoms with E-state index in [4.69, 9.17) is 14.6 Å². The Hall–Kier alpha value is -2.24. The minimum Gasteiger partial charge on any atom is -0.493 e. The number of carboxylic acids is 1. The maximum absolute atomic E-state index is 11.9. The molecule has 0 atom stereocenters. The smallest absolute Gasteiger partial charge is 0.335 e. The van der Waals surface area contributed by atoms with E-state index >= 15 is 0 Å². The first-order valence-electron chi connectivity index (χ1n) is 6.84. The van der Waals surface area contributed by atoms with Gasteiger partial charge in [-0.25, -0.2) is 4.79 Å². The van der Waals surface area contributed by atoms with Crippen LogP contribution in [-0.4, -0.2) is 31.2 Å². The van der Waals surface area contributed by atoms with Crippen LogP contribution in [0.25, 0.3) is 0 Å². The number of carboxylic acid groups (broad SMARTS) is 1. The molecule has 0 radical (unpaired) electrons. The zero-order chi connectivity index (χ0) is 15.4. The minimum atomic E-state index is -1.09. The molecule has 0 spiro atoms. The predicted molar refractivity (Wildman–Crippen MR) is 77.1 cm³/mol. The van der Waals surface area contributed by atoms with Crippen LogP contribution in [0.3, 0.4) is 0 Å². The first-order chi connectivity index (χ1) is 10.0. The highest BCUT2D eigenvalue weighted by molar-refractivity contribution is 5.96. The van der Waals surface area contributed by atoms with Crippen molar-refractivity contribution in [1.82, 2.24) is 0 Å². The number of anilines is 1. The number of amides is 1. The van der Waals surface area contributed by atoms with E-state index in [1.807, 2.05) is 0 Å². The van der Waals surface area contributed by atoms with E-state index in [0.717, 1.165) is 6.42 Å². The van der Waals surface area contributed by atoms with Gasteiger partial charge in [0.2, 0.25) is 5.91 Å². The Bertz CT molecular complexity index is 551. The fourth-order valence-corrected chi connectivity index (χ4v) is 2.14. The summed E-state index contributed by atoms with van der Waals surface area (Å²) in [7, 11) is 2.86. The lowest BCUT2D eigenvalue weighted by Gasteiger charge is -2.14. The Kier molecular flexibility index (Phi) is 4.67. The van der Waals surface area contributed by atoms with Crippen molar-refractivity contribution in [2.24, 2.45) is 5.92 Å². The lowest BCUT2D eigenvalue weighted by Crippen LogP contribution is -2.13. The number of ether oxygens (including phenoxy) is 2. The third-order valence-electron chi connectivity index (χ3n) is 3.48. The number of nitrogens with one attached hydrogen (secondary N) is 1. The van der Waals surface area contributed by atoms with Gasteiger partial charge in [-0.05, 0) is 24.5 Å². The summed E-state index contributed by atoms with van der Waals surface area (Å²) in [6, 6.07) is 2.74. The van der Waals surface area contributed by atoms with Crippen LogP contribution in [0.4, 0.5) is 5.69 Å². The summed E-state index contributed by atoms with van der Waals surface area (Å²) in [5.74, 6) is 0.0175. The summed E-state index contributed by atoms with van der Waals surface area (Å²) in [6.45, 7) is 0. The molecule has 0 unspecified atom stereocenters. The highest BCUT2D eigenvalue weighted by Crippen LogP contribution is 2.37. The first kappa shape index (κ1) is 15.2. The van der Waals surface area contributed by atoms with Gasteiger partial charge in [-0.2, -0.15) is 0 Å². The molecule has 0 aromatic heterocycles. The second-order valence-corrected chi connectivity index (χ2v) is 5.09. The zero-order valence-corrected chi connectivity index (χ0v) is 12.1. The van der Waals surface area contributed by atoms with Gasteiger partial charge < -0.3 is 19.9 Å². The molecule has 0 bridgehead atoms. The van der Waals surface area contributed by atoms with E-state index in [9.17, 15) is 9.59 Å². The number of methoxy groups -OCH3 is 2. The monoisotopic (exact) mass is 293 g/mol. The zero-order valence-electron chi connectivity index (χ0n) is 12.1. The Morgan fingerprint density at radius 1 is 1.29 bits per heavy atom. The van der Waals surface area contributed by atoms with Crippen LogP contribution in [-0.2, 0) is 4.79 Å². The standard InChI is InChI=1S/C15H19NO5/c1-20-12-8-10(15(18)19)7-11(14(12)21-2)16-13(17)6-5-9-3-4-9/h7-9H,3-6H2,1-2H3,(H,16,17)(H,18,19). The molecule has 1 aromatic carbocycles. The molecule has 1 amide bonds. The molecule has 1 saturated carbocycles. The van der Waals surface area contributed by atoms with E-state index in [-0.39, 0.29) is 17.2 Å². The van der Waals surface area contributed by atoms with Crippen molar-refractivity contribution in [2.75, 3.05) is 19.5 Å². The van der Waals surface area contributed by atoms with Gasteiger partial charge >= 0.3 is 5.97 Å². The van der Waals surface area contributed by atoms with Gasteiger partial charge in [0, 0.05) is 6.42 Å². The van der Waals surface area contributed by atoms with Crippen molar-refractivity contribution in [3.63, 3.8) is 0 Å². The number of hydrogen-bond acceptors (Lipinski definition) is 4. The van der Waals surface area contributed by atoms with Crippen LogP contribution in [0.5, 0.6) is 11.5 Å². The quantitative estimate of drug-likeness (QED) is 0.807. The predicted octanol–water partition coefficient (Wildman–Crippen LogP) is 2.53. The van der Waals surface area contributed by atoms with Crippen LogP contribution in [0.2, 0.25) is 0 Å². The fraction of sp³-hybridized carbons (Fsp3) is 0.467. The van der Waals surface area contributed by atoms with Crippen LogP contribution < -0.4 is 14.8 Å². The van der Waals surface area contributed by atoms with Crippen molar-refractivity contribution >= 4 is 17.6 Å². The van der Waals surface area contributed by atoms with E-state index in [0.29, 0.717) is 23.8 Å². The SMILES string of the molecule is COc1cc(C(=O)O)cc(NC(=O)CCC2CC2)c1OC. The van der Waals surface area contributed by atoms with Gasteiger partial charge in [-0.15, -0.1) is 0 Å². The average molecular weight is 293 g/mol. The maximum atomic E-state index is 11.9. The normalized spacial score (nSPS) is 13.6. The van der Waals surface area contributed by atoms with Gasteiger partial charge in [-0.3, -0.25) is 4.79 Å². The first-order valence-corrected chi connectivity index (χ1v) is 6.84. The number of carbonyl (C=O) groups is 2. The Labute approximate surface area is 123 Å². The maximum Gasteiger partial charge on any atom is 0.335 e. The largest absolute Gasteiger partial charge is 0.493 e. The summed E-state index contributed by atoms with van der Waals surface area (Å²) in [6.07, 6.45) is 3.68. The van der Waals surface area contributed by atoms with E-state index < -0.39 is 5.97 Å². The number of rotatable bonds is 7. The molecule has 6 nitrogen and oxygen atoms in total. The van der Waals surface area contributed by atoms with E-state index in [1.165, 1.54) is 39.2 Å². The number of carbonyl (C=O) groups excluding carboxylic acids is 1. The molecule has 21 heavy (non-hydrogen) atoms. The second kappa shape index (κ2) is 6.47. The molecule has 0 saturated heterocycles. The Morgan fingerprint density at radius 2 is 2.00 bits per heavy atom. The molecule has 6 heteroatoms. The molecule has 0 aliphatic heterocycles. The van der Waals surface area contributed by atoms with Gasteiger partial charge in [0.05, 0.1) is 25.5 Å². The van der Waals surface area contributed by atoms with Gasteiger partial charge in [0.15, 0.2) is 11.5 Å². The van der Waals surface area contributed by atoms with E-state index in [2.05, 4.69) is 5.32 Å². The summed E-state index contributed by atoms with van der Waals surface area (Å²) in [4.78, 5) is 23.1. The molecule has 1 aliphatic carbocycles. The second-order valence-electron chi connectivity index (χ2n) is 5.09. The molecule has 2 rings (SSSR count). The lowest BCUT2D eigenvalue weighted by molar-refractivity contribution is -0.116. The van der Waals surface area contributed by atoms with Gasteiger partial charge in [0.25, 0.3) is 0 Å². The Balaban J connectivity index is 2.19. The third kappa shape index (κ3) is 3.87. The molecule has 114 valence electrons. The van der Waals surface area contributed by atoms with Gasteiger partial charge in [0.1, 0.15) is 0 Å². The Morgan fingerprint density at radius 3 is 2.52 bits per heavy atom. The summed E-state index contributed by atoms with van der Waals surface area (Å²) < 4.78 is 10.3. The highest BCUT2D eigenvalue weighted by Gasteiger charge is 2.23. The summed E-state index contributed by atoms with van der Waals surface area (Å²) in [5.41, 5.74) is 0.347.